The normalized spacial score (nSPS) is 15.5. The van der Waals surface area contributed by atoms with Crippen LogP contribution in [0.4, 0.5) is 0 Å². The summed E-state index contributed by atoms with van der Waals surface area (Å²) in [5, 5.41) is 15.6. The molecule has 0 aliphatic carbocycles. The van der Waals surface area contributed by atoms with Crippen molar-refractivity contribution in [1.82, 2.24) is 9.78 Å². The Morgan fingerprint density at radius 3 is 2.74 bits per heavy atom. The molecule has 1 aliphatic heterocycles. The second-order valence-electron chi connectivity index (χ2n) is 7.51. The first-order valence-corrected chi connectivity index (χ1v) is 9.79. The van der Waals surface area contributed by atoms with Gasteiger partial charge in [0.15, 0.2) is 5.76 Å². The largest absolute Gasteiger partial charge is 0.496 e. The van der Waals surface area contributed by atoms with E-state index in [0.29, 0.717) is 28.7 Å². The van der Waals surface area contributed by atoms with E-state index in [1.807, 2.05) is 55.5 Å². The van der Waals surface area contributed by atoms with Crippen molar-refractivity contribution in [1.29, 1.82) is 5.26 Å². The average molecular weight is 412 g/mol. The molecule has 31 heavy (non-hydrogen) atoms. The number of aromatic nitrogens is 2. The lowest BCUT2D eigenvalue weighted by atomic mass is 9.82. The van der Waals surface area contributed by atoms with Crippen LogP contribution in [0.2, 0.25) is 0 Å². The fourth-order valence-corrected chi connectivity index (χ4v) is 4.14. The van der Waals surface area contributed by atoms with E-state index in [1.165, 1.54) is 0 Å². The summed E-state index contributed by atoms with van der Waals surface area (Å²) in [5.41, 5.74) is 10.4. The minimum atomic E-state index is -0.513. The zero-order chi connectivity index (χ0) is 21.7. The van der Waals surface area contributed by atoms with Crippen molar-refractivity contribution < 1.29 is 13.9 Å². The van der Waals surface area contributed by atoms with E-state index in [2.05, 4.69) is 11.2 Å². The Morgan fingerprint density at radius 2 is 2.00 bits per heavy atom. The van der Waals surface area contributed by atoms with Crippen molar-refractivity contribution in [2.75, 3.05) is 7.11 Å². The number of nitrogens with zero attached hydrogens (tertiary/aromatic N) is 3. The van der Waals surface area contributed by atoms with Gasteiger partial charge < -0.3 is 19.6 Å². The number of hydrogen-bond donors (Lipinski definition) is 1. The molecule has 3 heterocycles. The first kappa shape index (κ1) is 18.8. The maximum atomic E-state index is 9.97. The Morgan fingerprint density at radius 1 is 1.19 bits per heavy atom. The zero-order valence-electron chi connectivity index (χ0n) is 17.3. The van der Waals surface area contributed by atoms with Gasteiger partial charge in [0.05, 0.1) is 18.6 Å². The lowest BCUT2D eigenvalue weighted by Gasteiger charge is -2.26. The number of benzene rings is 2. The van der Waals surface area contributed by atoms with Crippen LogP contribution in [0.5, 0.6) is 11.6 Å². The van der Waals surface area contributed by atoms with Crippen molar-refractivity contribution in [2.45, 2.75) is 12.8 Å². The van der Waals surface area contributed by atoms with Crippen LogP contribution >= 0.6 is 0 Å². The lowest BCUT2D eigenvalue weighted by Crippen LogP contribution is -2.22. The molecule has 0 saturated carbocycles. The molecule has 7 nitrogen and oxygen atoms in total. The maximum Gasteiger partial charge on any atom is 0.224 e. The summed E-state index contributed by atoms with van der Waals surface area (Å²) in [6.45, 7) is 1.99. The Labute approximate surface area is 178 Å². The Balaban J connectivity index is 1.81. The Kier molecular flexibility index (Phi) is 4.22. The highest BCUT2D eigenvalue weighted by Gasteiger charge is 2.39. The van der Waals surface area contributed by atoms with E-state index in [0.717, 1.165) is 27.7 Å². The maximum absolute atomic E-state index is 9.97. The van der Waals surface area contributed by atoms with Gasteiger partial charge in [0.1, 0.15) is 28.7 Å². The van der Waals surface area contributed by atoms with Crippen molar-refractivity contribution in [3.63, 3.8) is 0 Å². The highest BCUT2D eigenvalue weighted by molar-refractivity contribution is 5.83. The number of nitrogens with two attached hydrogens (primary N) is 1. The minimum Gasteiger partial charge on any atom is -0.496 e. The van der Waals surface area contributed by atoms with Gasteiger partial charge in [-0.05, 0) is 25.1 Å². The smallest absolute Gasteiger partial charge is 0.224 e. The highest BCUT2D eigenvalue weighted by atomic mass is 16.5. The predicted molar refractivity (Wildman–Crippen MR) is 115 cm³/mol. The molecule has 0 amide bonds. The minimum absolute atomic E-state index is 0.0581. The molecule has 0 spiro atoms. The van der Waals surface area contributed by atoms with E-state index < -0.39 is 5.92 Å². The SMILES string of the molecule is COc1ccc(C)cc1C1C(C#N)=C(N)Oc2c1c(-c1cc3ccccc3o1)nn2C. The number of hydrogen-bond acceptors (Lipinski definition) is 6. The molecule has 7 heteroatoms. The molecule has 2 aromatic heterocycles. The summed E-state index contributed by atoms with van der Waals surface area (Å²) in [6.07, 6.45) is 0. The molecule has 1 aliphatic rings. The zero-order valence-corrected chi connectivity index (χ0v) is 17.3. The van der Waals surface area contributed by atoms with Gasteiger partial charge in [-0.1, -0.05) is 35.9 Å². The number of aryl methyl sites for hydroxylation is 2. The summed E-state index contributed by atoms with van der Waals surface area (Å²) < 4.78 is 19.2. The van der Waals surface area contributed by atoms with Crippen LogP contribution in [0.3, 0.4) is 0 Å². The lowest BCUT2D eigenvalue weighted by molar-refractivity contribution is 0.356. The molecule has 5 rings (SSSR count). The Bertz CT molecular complexity index is 1370. The van der Waals surface area contributed by atoms with Crippen LogP contribution in [-0.2, 0) is 7.05 Å². The van der Waals surface area contributed by atoms with Gasteiger partial charge in [-0.3, -0.25) is 0 Å². The van der Waals surface area contributed by atoms with Crippen molar-refractivity contribution >= 4 is 11.0 Å². The number of rotatable bonds is 3. The summed E-state index contributed by atoms with van der Waals surface area (Å²) in [6, 6.07) is 17.8. The van der Waals surface area contributed by atoms with Gasteiger partial charge in [-0.15, -0.1) is 0 Å². The predicted octanol–water partition coefficient (Wildman–Crippen LogP) is 4.37. The van der Waals surface area contributed by atoms with Gasteiger partial charge in [0, 0.05) is 18.0 Å². The van der Waals surface area contributed by atoms with Crippen LogP contribution in [0.25, 0.3) is 22.4 Å². The van der Waals surface area contributed by atoms with Gasteiger partial charge in [-0.25, -0.2) is 4.68 Å². The van der Waals surface area contributed by atoms with Crippen molar-refractivity contribution in [3.05, 3.63) is 76.7 Å². The van der Waals surface area contributed by atoms with Crippen LogP contribution in [0, 0.1) is 18.3 Å². The van der Waals surface area contributed by atoms with Crippen LogP contribution in [0.15, 0.2) is 64.4 Å². The van der Waals surface area contributed by atoms with E-state index >= 15 is 0 Å². The number of furan rings is 1. The van der Waals surface area contributed by atoms with E-state index in [1.54, 1.807) is 18.8 Å². The number of ether oxygens (including phenoxy) is 2. The number of para-hydroxylation sites is 1. The van der Waals surface area contributed by atoms with Gasteiger partial charge >= 0.3 is 0 Å². The first-order valence-electron chi connectivity index (χ1n) is 9.79. The number of nitriles is 1. The van der Waals surface area contributed by atoms with Crippen LogP contribution in [-0.4, -0.2) is 16.9 Å². The standard InChI is InChI=1S/C24H20N4O3/c1-13-8-9-18(29-3)15(10-13)20-16(12-25)23(26)31-24-21(20)22(27-28(24)2)19-11-14-6-4-5-7-17(14)30-19/h4-11,20H,26H2,1-3H3. The topological polar surface area (TPSA) is 99.2 Å². The fraction of sp³-hybridized carbons (Fsp3) is 0.167. The number of methoxy groups -OCH3 is 1. The fourth-order valence-electron chi connectivity index (χ4n) is 4.14. The van der Waals surface area contributed by atoms with E-state index in [9.17, 15) is 5.26 Å². The molecular formula is C24H20N4O3. The molecule has 1 unspecified atom stereocenters. The molecule has 4 aromatic rings. The first-order chi connectivity index (χ1) is 15.0. The number of fused-ring (bicyclic) bond motifs is 2. The summed E-state index contributed by atoms with van der Waals surface area (Å²) >= 11 is 0. The monoisotopic (exact) mass is 412 g/mol. The summed E-state index contributed by atoms with van der Waals surface area (Å²) in [7, 11) is 3.39. The third kappa shape index (κ3) is 2.84. The molecular weight excluding hydrogens is 392 g/mol. The van der Waals surface area contributed by atoms with Crippen LogP contribution in [0.1, 0.15) is 22.6 Å². The molecule has 1 atom stereocenters. The van der Waals surface area contributed by atoms with E-state index in [-0.39, 0.29) is 5.88 Å². The molecule has 0 fully saturated rings. The summed E-state index contributed by atoms with van der Waals surface area (Å²) in [4.78, 5) is 0. The molecule has 154 valence electrons. The second kappa shape index (κ2) is 6.96. The third-order valence-electron chi connectivity index (χ3n) is 5.55. The molecule has 0 saturated heterocycles. The van der Waals surface area contributed by atoms with Gasteiger partial charge in [0.2, 0.25) is 11.8 Å². The molecule has 0 bridgehead atoms. The van der Waals surface area contributed by atoms with Gasteiger partial charge in [0.25, 0.3) is 0 Å². The highest BCUT2D eigenvalue weighted by Crippen LogP contribution is 2.49. The molecule has 2 N–H and O–H groups in total. The summed E-state index contributed by atoms with van der Waals surface area (Å²) in [5.74, 6) is 1.27. The van der Waals surface area contributed by atoms with Crippen LogP contribution < -0.4 is 15.2 Å². The third-order valence-corrected chi connectivity index (χ3v) is 5.55. The van der Waals surface area contributed by atoms with Gasteiger partial charge in [-0.2, -0.15) is 10.4 Å². The molecule has 2 aromatic carbocycles. The molecule has 0 radical (unpaired) electrons. The van der Waals surface area contributed by atoms with Crippen molar-refractivity contribution in [2.24, 2.45) is 12.8 Å². The van der Waals surface area contributed by atoms with Crippen molar-refractivity contribution in [3.8, 4) is 29.2 Å². The second-order valence-corrected chi connectivity index (χ2v) is 7.51. The average Bonchev–Trinajstić information content (AvgIpc) is 3.34. The Hall–Kier alpha value is -4.18. The number of allylic oxidation sites excluding steroid dienone is 1. The van der Waals surface area contributed by atoms with E-state index in [4.69, 9.17) is 19.6 Å². The quantitative estimate of drug-likeness (QED) is 0.536.